The van der Waals surface area contributed by atoms with Crippen molar-refractivity contribution in [3.8, 4) is 0 Å². The summed E-state index contributed by atoms with van der Waals surface area (Å²) in [5, 5.41) is 3.39. The SMILES string of the molecule is CCc1ccccc1NC(C)C(=O)N1CCCCCC1. The van der Waals surface area contributed by atoms with Gasteiger partial charge in [-0.1, -0.05) is 38.0 Å². The van der Waals surface area contributed by atoms with Crippen molar-refractivity contribution in [1.29, 1.82) is 0 Å². The number of aryl methyl sites for hydroxylation is 1. The van der Waals surface area contributed by atoms with Gasteiger partial charge in [0.05, 0.1) is 0 Å². The lowest BCUT2D eigenvalue weighted by Crippen LogP contribution is -2.42. The molecule has 3 nitrogen and oxygen atoms in total. The Balaban J connectivity index is 1.99. The maximum atomic E-state index is 12.5. The number of carbonyl (C=O) groups excluding carboxylic acids is 1. The number of likely N-dealkylation sites (tertiary alicyclic amines) is 1. The van der Waals surface area contributed by atoms with Gasteiger partial charge in [-0.25, -0.2) is 0 Å². The first-order chi connectivity index (χ1) is 9.72. The van der Waals surface area contributed by atoms with Gasteiger partial charge in [-0.15, -0.1) is 0 Å². The van der Waals surface area contributed by atoms with Crippen LogP contribution in [0.15, 0.2) is 24.3 Å². The second kappa shape index (κ2) is 7.32. The third kappa shape index (κ3) is 3.75. The summed E-state index contributed by atoms with van der Waals surface area (Å²) in [6.07, 6.45) is 5.77. The van der Waals surface area contributed by atoms with E-state index >= 15 is 0 Å². The molecule has 1 aliphatic heterocycles. The van der Waals surface area contributed by atoms with Crippen molar-refractivity contribution < 1.29 is 4.79 Å². The molecule has 3 heteroatoms. The normalized spacial score (nSPS) is 17.4. The van der Waals surface area contributed by atoms with Crippen LogP contribution in [-0.2, 0) is 11.2 Å². The number of benzene rings is 1. The smallest absolute Gasteiger partial charge is 0.244 e. The Labute approximate surface area is 122 Å². The number of anilines is 1. The number of hydrogen-bond acceptors (Lipinski definition) is 2. The standard InChI is InChI=1S/C17H26N2O/c1-3-15-10-6-7-11-16(15)18-14(2)17(20)19-12-8-4-5-9-13-19/h6-7,10-11,14,18H,3-5,8-9,12-13H2,1-2H3. The van der Waals surface area contributed by atoms with E-state index in [0.717, 1.165) is 38.0 Å². The molecule has 1 aliphatic rings. The Morgan fingerprint density at radius 1 is 1.20 bits per heavy atom. The van der Waals surface area contributed by atoms with Crippen LogP contribution in [0.1, 0.15) is 45.1 Å². The summed E-state index contributed by atoms with van der Waals surface area (Å²) in [6.45, 7) is 5.95. The number of carbonyl (C=O) groups is 1. The molecule has 0 radical (unpaired) electrons. The molecule has 1 aromatic rings. The monoisotopic (exact) mass is 274 g/mol. The number of rotatable bonds is 4. The van der Waals surface area contributed by atoms with Gasteiger partial charge in [-0.05, 0) is 37.8 Å². The summed E-state index contributed by atoms with van der Waals surface area (Å²) in [4.78, 5) is 14.5. The summed E-state index contributed by atoms with van der Waals surface area (Å²) in [7, 11) is 0. The average molecular weight is 274 g/mol. The first-order valence-electron chi connectivity index (χ1n) is 7.85. The molecule has 1 heterocycles. The molecule has 0 aliphatic carbocycles. The second-order valence-electron chi connectivity index (χ2n) is 5.62. The van der Waals surface area contributed by atoms with E-state index < -0.39 is 0 Å². The highest BCUT2D eigenvalue weighted by Gasteiger charge is 2.21. The molecular weight excluding hydrogens is 248 g/mol. The first kappa shape index (κ1) is 14.9. The van der Waals surface area contributed by atoms with Crippen molar-refractivity contribution in [2.75, 3.05) is 18.4 Å². The van der Waals surface area contributed by atoms with Crippen LogP contribution in [-0.4, -0.2) is 29.9 Å². The van der Waals surface area contributed by atoms with Crippen molar-refractivity contribution in [2.24, 2.45) is 0 Å². The molecule has 0 aromatic heterocycles. The van der Waals surface area contributed by atoms with Gasteiger partial charge in [0, 0.05) is 18.8 Å². The van der Waals surface area contributed by atoms with E-state index in [2.05, 4.69) is 24.4 Å². The number of nitrogens with zero attached hydrogens (tertiary/aromatic N) is 1. The Bertz CT molecular complexity index is 436. The Morgan fingerprint density at radius 3 is 2.50 bits per heavy atom. The van der Waals surface area contributed by atoms with Crippen LogP contribution in [0.3, 0.4) is 0 Å². The van der Waals surface area contributed by atoms with Gasteiger partial charge in [0.2, 0.25) is 5.91 Å². The molecule has 2 rings (SSSR count). The van der Waals surface area contributed by atoms with Crippen LogP contribution in [0.4, 0.5) is 5.69 Å². The highest BCUT2D eigenvalue weighted by atomic mass is 16.2. The van der Waals surface area contributed by atoms with E-state index in [1.165, 1.54) is 18.4 Å². The quantitative estimate of drug-likeness (QED) is 0.912. The van der Waals surface area contributed by atoms with Crippen molar-refractivity contribution in [1.82, 2.24) is 4.90 Å². The summed E-state index contributed by atoms with van der Waals surface area (Å²) in [5.74, 6) is 0.234. The maximum Gasteiger partial charge on any atom is 0.244 e. The summed E-state index contributed by atoms with van der Waals surface area (Å²) < 4.78 is 0. The molecule has 1 amide bonds. The van der Waals surface area contributed by atoms with E-state index in [0.29, 0.717) is 0 Å². The molecule has 1 atom stereocenters. The predicted molar refractivity (Wildman–Crippen MR) is 84.0 cm³/mol. The molecule has 110 valence electrons. The number of amides is 1. The minimum atomic E-state index is -0.152. The molecular formula is C17H26N2O. The highest BCUT2D eigenvalue weighted by Crippen LogP contribution is 2.18. The minimum Gasteiger partial charge on any atom is -0.374 e. The van der Waals surface area contributed by atoms with Crippen molar-refractivity contribution >= 4 is 11.6 Å². The molecule has 0 bridgehead atoms. The molecule has 1 saturated heterocycles. The molecule has 1 fully saturated rings. The lowest BCUT2D eigenvalue weighted by atomic mass is 10.1. The van der Waals surface area contributed by atoms with Crippen molar-refractivity contribution in [3.63, 3.8) is 0 Å². The van der Waals surface area contributed by atoms with Gasteiger partial charge in [0.1, 0.15) is 6.04 Å². The van der Waals surface area contributed by atoms with Gasteiger partial charge < -0.3 is 10.2 Å². The van der Waals surface area contributed by atoms with Crippen molar-refractivity contribution in [2.45, 2.75) is 52.0 Å². The van der Waals surface area contributed by atoms with Crippen LogP contribution < -0.4 is 5.32 Å². The summed E-state index contributed by atoms with van der Waals surface area (Å²) in [5.41, 5.74) is 2.36. The van der Waals surface area contributed by atoms with Crippen LogP contribution in [0.25, 0.3) is 0 Å². The van der Waals surface area contributed by atoms with Gasteiger partial charge in [0.25, 0.3) is 0 Å². The van der Waals surface area contributed by atoms with E-state index in [-0.39, 0.29) is 11.9 Å². The molecule has 1 unspecified atom stereocenters. The number of nitrogens with one attached hydrogen (secondary N) is 1. The van der Waals surface area contributed by atoms with E-state index in [9.17, 15) is 4.79 Å². The fourth-order valence-electron chi connectivity index (χ4n) is 2.83. The van der Waals surface area contributed by atoms with Crippen LogP contribution >= 0.6 is 0 Å². The second-order valence-corrected chi connectivity index (χ2v) is 5.62. The average Bonchev–Trinajstić information content (AvgIpc) is 2.76. The minimum absolute atomic E-state index is 0.152. The lowest BCUT2D eigenvalue weighted by Gasteiger charge is -2.25. The fraction of sp³-hybridized carbons (Fsp3) is 0.588. The van der Waals surface area contributed by atoms with Crippen LogP contribution in [0.2, 0.25) is 0 Å². The zero-order valence-corrected chi connectivity index (χ0v) is 12.7. The van der Waals surface area contributed by atoms with Crippen LogP contribution in [0.5, 0.6) is 0 Å². The number of para-hydroxylation sites is 1. The van der Waals surface area contributed by atoms with Gasteiger partial charge in [-0.3, -0.25) is 4.79 Å². The summed E-state index contributed by atoms with van der Waals surface area (Å²) in [6, 6.07) is 8.09. The first-order valence-corrected chi connectivity index (χ1v) is 7.85. The Morgan fingerprint density at radius 2 is 1.85 bits per heavy atom. The summed E-state index contributed by atoms with van der Waals surface area (Å²) >= 11 is 0. The largest absolute Gasteiger partial charge is 0.374 e. The number of hydrogen-bond donors (Lipinski definition) is 1. The Hall–Kier alpha value is -1.51. The fourth-order valence-corrected chi connectivity index (χ4v) is 2.83. The molecule has 0 spiro atoms. The predicted octanol–water partition coefficient (Wildman–Crippen LogP) is 3.45. The zero-order valence-electron chi connectivity index (χ0n) is 12.7. The molecule has 1 N–H and O–H groups in total. The third-order valence-electron chi connectivity index (χ3n) is 4.06. The highest BCUT2D eigenvalue weighted by molar-refractivity contribution is 5.84. The van der Waals surface area contributed by atoms with E-state index in [1.807, 2.05) is 24.0 Å². The van der Waals surface area contributed by atoms with Gasteiger partial charge in [0.15, 0.2) is 0 Å². The molecule has 1 aromatic carbocycles. The van der Waals surface area contributed by atoms with E-state index in [1.54, 1.807) is 0 Å². The van der Waals surface area contributed by atoms with Crippen LogP contribution in [0, 0.1) is 0 Å². The molecule has 0 saturated carbocycles. The van der Waals surface area contributed by atoms with E-state index in [4.69, 9.17) is 0 Å². The Kier molecular flexibility index (Phi) is 5.45. The zero-order chi connectivity index (χ0) is 14.4. The topological polar surface area (TPSA) is 32.3 Å². The third-order valence-corrected chi connectivity index (χ3v) is 4.06. The van der Waals surface area contributed by atoms with Crippen molar-refractivity contribution in [3.05, 3.63) is 29.8 Å². The molecule has 20 heavy (non-hydrogen) atoms. The van der Waals surface area contributed by atoms with Gasteiger partial charge in [-0.2, -0.15) is 0 Å². The maximum absolute atomic E-state index is 12.5. The van der Waals surface area contributed by atoms with Gasteiger partial charge >= 0.3 is 0 Å². The lowest BCUT2D eigenvalue weighted by molar-refractivity contribution is -0.131.